The zero-order chi connectivity index (χ0) is 25.4. The van der Waals surface area contributed by atoms with Gasteiger partial charge in [0.1, 0.15) is 0 Å². The number of aliphatic hydroxyl groups is 1. The summed E-state index contributed by atoms with van der Waals surface area (Å²) in [6, 6.07) is 21.4. The molecule has 0 bridgehead atoms. The molecule has 5 nitrogen and oxygen atoms in total. The monoisotopic (exact) mass is 522 g/mol. The Morgan fingerprint density at radius 2 is 1.67 bits per heavy atom. The van der Waals surface area contributed by atoms with Crippen molar-refractivity contribution in [2.45, 2.75) is 36.7 Å². The Hall–Kier alpha value is -2.48. The number of nitrogens with zero attached hydrogens (tertiary/aromatic N) is 2. The average Bonchev–Trinajstić information content (AvgIpc) is 2.85. The zero-order valence-electron chi connectivity index (χ0n) is 20.5. The van der Waals surface area contributed by atoms with Gasteiger partial charge in [0, 0.05) is 42.7 Å². The van der Waals surface area contributed by atoms with Gasteiger partial charge >= 0.3 is 0 Å². The van der Waals surface area contributed by atoms with Crippen molar-refractivity contribution in [2.75, 3.05) is 26.2 Å². The molecule has 2 aliphatic heterocycles. The minimum absolute atomic E-state index is 0.0225. The molecule has 1 fully saturated rings. The van der Waals surface area contributed by atoms with Crippen LogP contribution >= 0.6 is 11.6 Å². The molecule has 7 heteroatoms. The average molecular weight is 523 g/mol. The molecule has 0 radical (unpaired) electrons. The van der Waals surface area contributed by atoms with E-state index in [0.29, 0.717) is 24.5 Å². The highest BCUT2D eigenvalue weighted by Crippen LogP contribution is 2.42. The van der Waals surface area contributed by atoms with Crippen molar-refractivity contribution in [1.82, 2.24) is 9.21 Å². The summed E-state index contributed by atoms with van der Waals surface area (Å²) in [5.74, 6) is 0.0329. The lowest BCUT2D eigenvalue weighted by Gasteiger charge is -2.56. The molecule has 188 valence electrons. The van der Waals surface area contributed by atoms with Crippen molar-refractivity contribution >= 4 is 21.6 Å². The SMILES string of the molecule is Cc1ccccc1S(=O)(=O)N1C/C=C\CN2C(CO)[C@@H](c3ccc(-c4cccc(Cl)c4C)cc3)[C@@H]2C1. The van der Waals surface area contributed by atoms with Gasteiger partial charge in [-0.05, 0) is 53.8 Å². The first-order chi connectivity index (χ1) is 17.3. The van der Waals surface area contributed by atoms with Gasteiger partial charge in [-0.2, -0.15) is 4.31 Å². The second-order valence-electron chi connectivity index (χ2n) is 9.63. The molecule has 0 amide bonds. The molecule has 2 aliphatic rings. The third-order valence-corrected chi connectivity index (χ3v) is 10.0. The lowest BCUT2D eigenvalue weighted by atomic mass is 9.74. The first-order valence-corrected chi connectivity index (χ1v) is 14.1. The van der Waals surface area contributed by atoms with Crippen molar-refractivity contribution in [3.8, 4) is 11.1 Å². The number of fused-ring (bicyclic) bond motifs is 1. The van der Waals surface area contributed by atoms with Crippen molar-refractivity contribution in [1.29, 1.82) is 0 Å². The van der Waals surface area contributed by atoms with Crippen LogP contribution in [0.15, 0.2) is 83.8 Å². The molecule has 3 atom stereocenters. The van der Waals surface area contributed by atoms with Gasteiger partial charge in [-0.3, -0.25) is 4.90 Å². The number of hydrogen-bond acceptors (Lipinski definition) is 4. The summed E-state index contributed by atoms with van der Waals surface area (Å²) in [6.45, 7) is 5.28. The molecule has 0 spiro atoms. The maximum Gasteiger partial charge on any atom is 0.243 e. The molecular weight excluding hydrogens is 492 g/mol. The number of benzene rings is 3. The summed E-state index contributed by atoms with van der Waals surface area (Å²) in [4.78, 5) is 2.57. The number of rotatable bonds is 5. The number of halogens is 1. The molecule has 0 aromatic heterocycles. The number of sulfonamides is 1. The predicted octanol–water partition coefficient (Wildman–Crippen LogP) is 5.01. The van der Waals surface area contributed by atoms with E-state index in [9.17, 15) is 13.5 Å². The van der Waals surface area contributed by atoms with E-state index < -0.39 is 10.0 Å². The summed E-state index contributed by atoms with van der Waals surface area (Å²) < 4.78 is 28.8. The van der Waals surface area contributed by atoms with Crippen molar-refractivity contribution in [3.05, 3.63) is 101 Å². The molecule has 2 heterocycles. The third kappa shape index (κ3) is 4.42. The molecule has 0 saturated carbocycles. The Labute approximate surface area is 218 Å². The quantitative estimate of drug-likeness (QED) is 0.478. The topological polar surface area (TPSA) is 60.9 Å². The van der Waals surface area contributed by atoms with Gasteiger partial charge in [-0.1, -0.05) is 78.4 Å². The number of hydrogen-bond donors (Lipinski definition) is 1. The van der Waals surface area contributed by atoms with Gasteiger partial charge < -0.3 is 5.11 Å². The second-order valence-corrected chi connectivity index (χ2v) is 11.9. The van der Waals surface area contributed by atoms with Gasteiger partial charge in [0.05, 0.1) is 11.5 Å². The molecule has 5 rings (SSSR count). The third-order valence-electron chi connectivity index (χ3n) is 7.64. The maximum atomic E-state index is 13.6. The summed E-state index contributed by atoms with van der Waals surface area (Å²) in [7, 11) is -3.66. The van der Waals surface area contributed by atoms with Crippen molar-refractivity contribution < 1.29 is 13.5 Å². The summed E-state index contributed by atoms with van der Waals surface area (Å²) in [6.07, 6.45) is 3.92. The molecule has 0 aliphatic carbocycles. The number of aryl methyl sites for hydroxylation is 1. The van der Waals surface area contributed by atoms with E-state index in [1.165, 1.54) is 0 Å². The molecule has 36 heavy (non-hydrogen) atoms. The summed E-state index contributed by atoms with van der Waals surface area (Å²) in [5.41, 5.74) is 5.07. The Bertz CT molecular complexity index is 1390. The van der Waals surface area contributed by atoms with Gasteiger partial charge in [0.25, 0.3) is 0 Å². The minimum atomic E-state index is -3.66. The summed E-state index contributed by atoms with van der Waals surface area (Å²) in [5, 5.41) is 11.0. The van der Waals surface area contributed by atoms with E-state index >= 15 is 0 Å². The predicted molar refractivity (Wildman–Crippen MR) is 145 cm³/mol. The smallest absolute Gasteiger partial charge is 0.243 e. The van der Waals surface area contributed by atoms with Crippen molar-refractivity contribution in [3.63, 3.8) is 0 Å². The van der Waals surface area contributed by atoms with Crippen LogP contribution in [0, 0.1) is 13.8 Å². The normalized spacial score (nSPS) is 23.8. The lowest BCUT2D eigenvalue weighted by Crippen LogP contribution is -2.67. The minimum Gasteiger partial charge on any atom is -0.395 e. The van der Waals surface area contributed by atoms with Gasteiger partial charge in [-0.15, -0.1) is 0 Å². The molecule has 1 saturated heterocycles. The largest absolute Gasteiger partial charge is 0.395 e. The van der Waals surface area contributed by atoms with Crippen LogP contribution in [0.25, 0.3) is 11.1 Å². The Morgan fingerprint density at radius 3 is 2.39 bits per heavy atom. The molecular formula is C29H31ClN2O3S. The van der Waals surface area contributed by atoms with E-state index in [0.717, 1.165) is 32.8 Å². The van der Waals surface area contributed by atoms with Gasteiger partial charge in [0.15, 0.2) is 0 Å². The fourth-order valence-electron chi connectivity index (χ4n) is 5.62. The fourth-order valence-corrected chi connectivity index (χ4v) is 7.43. The number of aliphatic hydroxyl groups excluding tert-OH is 1. The lowest BCUT2D eigenvalue weighted by molar-refractivity contribution is -0.0415. The highest BCUT2D eigenvalue weighted by Gasteiger charge is 2.49. The van der Waals surface area contributed by atoms with Crippen LogP contribution in [0.1, 0.15) is 22.6 Å². The van der Waals surface area contributed by atoms with Gasteiger partial charge in [-0.25, -0.2) is 8.42 Å². The van der Waals surface area contributed by atoms with E-state index in [2.05, 4.69) is 35.2 Å². The van der Waals surface area contributed by atoms with Crippen molar-refractivity contribution in [2.24, 2.45) is 0 Å². The van der Waals surface area contributed by atoms with Crippen LogP contribution in [0.5, 0.6) is 0 Å². The Morgan fingerprint density at radius 1 is 0.944 bits per heavy atom. The van der Waals surface area contributed by atoms with Crippen LogP contribution < -0.4 is 0 Å². The second kappa shape index (κ2) is 10.1. The van der Waals surface area contributed by atoms with E-state index in [-0.39, 0.29) is 24.6 Å². The van der Waals surface area contributed by atoms with Crippen LogP contribution in [0.3, 0.4) is 0 Å². The first kappa shape index (κ1) is 25.2. The highest BCUT2D eigenvalue weighted by atomic mass is 35.5. The molecule has 3 aromatic rings. The molecule has 3 aromatic carbocycles. The Balaban J connectivity index is 1.45. The standard InChI is InChI=1S/C29H31ClN2O3S/c1-20-8-3-4-11-28(20)36(34,35)31-16-5-6-17-32-26(18-31)29(27(32)19-33)23-14-12-22(13-15-23)24-9-7-10-25(30)21(24)2/h3-15,26-27,29,33H,16-19H2,1-2H3/b6-5-/t26-,27?,29-/m0/s1. The van der Waals surface area contributed by atoms with Crippen LogP contribution in [0.2, 0.25) is 5.02 Å². The molecule has 1 N–H and O–H groups in total. The maximum absolute atomic E-state index is 13.6. The van der Waals surface area contributed by atoms with Crippen LogP contribution in [-0.2, 0) is 10.0 Å². The first-order valence-electron chi connectivity index (χ1n) is 12.3. The highest BCUT2D eigenvalue weighted by molar-refractivity contribution is 7.89. The van der Waals surface area contributed by atoms with E-state index in [4.69, 9.17) is 11.6 Å². The Kier molecular flexibility index (Phi) is 7.07. The fraction of sp³-hybridized carbons (Fsp3) is 0.310. The van der Waals surface area contributed by atoms with Crippen LogP contribution in [-0.4, -0.2) is 61.1 Å². The van der Waals surface area contributed by atoms with Crippen LogP contribution in [0.4, 0.5) is 0 Å². The summed E-state index contributed by atoms with van der Waals surface area (Å²) >= 11 is 6.33. The molecule has 1 unspecified atom stereocenters. The van der Waals surface area contributed by atoms with Gasteiger partial charge in [0.2, 0.25) is 10.0 Å². The van der Waals surface area contributed by atoms with E-state index in [1.807, 2.05) is 50.3 Å². The zero-order valence-corrected chi connectivity index (χ0v) is 22.1. The van der Waals surface area contributed by atoms with E-state index in [1.54, 1.807) is 16.4 Å².